The molecule has 5 saturated heterocycles. The van der Waals surface area contributed by atoms with Crippen molar-refractivity contribution >= 4 is 17.9 Å². The van der Waals surface area contributed by atoms with Crippen molar-refractivity contribution in [1.82, 2.24) is 0 Å². The van der Waals surface area contributed by atoms with Crippen LogP contribution < -0.4 is 0 Å². The molecule has 5 heterocycles. The minimum Gasteiger partial charge on any atom is -0.469 e. The Hall–Kier alpha value is -2.39. The Balaban J connectivity index is 1.39. The largest absolute Gasteiger partial charge is 0.469 e. The minimum atomic E-state index is -2.01. The first-order chi connectivity index (χ1) is 42.0. The van der Waals surface area contributed by atoms with Crippen LogP contribution in [0.3, 0.4) is 0 Å². The number of aliphatic hydroxyl groups is 10. The van der Waals surface area contributed by atoms with Crippen LogP contribution in [0.5, 0.6) is 0 Å². The van der Waals surface area contributed by atoms with E-state index >= 15 is 0 Å². The molecular formula is C62H110O26. The average molecular weight is 1270 g/mol. The number of esters is 3. The van der Waals surface area contributed by atoms with E-state index in [4.69, 9.17) is 61.6 Å². The van der Waals surface area contributed by atoms with Gasteiger partial charge in [-0.1, -0.05) is 124 Å². The van der Waals surface area contributed by atoms with Crippen LogP contribution in [-0.2, 0) is 76.0 Å². The fourth-order valence-electron chi connectivity index (χ4n) is 11.8. The maximum Gasteiger partial charge on any atom is 0.309 e. The summed E-state index contributed by atoms with van der Waals surface area (Å²) >= 11 is 0. The summed E-state index contributed by atoms with van der Waals surface area (Å²) in [4.78, 5) is 38.5. The lowest BCUT2D eigenvalue weighted by Gasteiger charge is -2.51. The number of hydrogen-bond donors (Lipinski definition) is 10. The fourth-order valence-corrected chi connectivity index (χ4v) is 11.8. The molecule has 88 heavy (non-hydrogen) atoms. The molecule has 0 radical (unpaired) electrons. The van der Waals surface area contributed by atoms with Crippen molar-refractivity contribution in [2.45, 2.75) is 356 Å². The molecule has 26 nitrogen and oxygen atoms in total. The molecule has 5 fully saturated rings. The maximum absolute atomic E-state index is 14.2. The van der Waals surface area contributed by atoms with Crippen molar-refractivity contribution in [3.05, 3.63) is 0 Å². The van der Waals surface area contributed by atoms with Gasteiger partial charge in [0.2, 0.25) is 0 Å². The lowest BCUT2D eigenvalue weighted by atomic mass is 9.95. The quantitative estimate of drug-likeness (QED) is 0.0243. The molecule has 0 amide bonds. The summed E-state index contributed by atoms with van der Waals surface area (Å²) in [6, 6.07) is 0. The van der Waals surface area contributed by atoms with Crippen LogP contribution >= 0.6 is 0 Å². The van der Waals surface area contributed by atoms with E-state index in [2.05, 4.69) is 6.92 Å². The highest BCUT2D eigenvalue weighted by molar-refractivity contribution is 5.72. The van der Waals surface area contributed by atoms with Crippen molar-refractivity contribution in [2.75, 3.05) is 13.7 Å². The van der Waals surface area contributed by atoms with E-state index in [0.29, 0.717) is 38.5 Å². The third-order valence-corrected chi connectivity index (χ3v) is 17.7. The van der Waals surface area contributed by atoms with Gasteiger partial charge >= 0.3 is 17.9 Å². The van der Waals surface area contributed by atoms with Crippen LogP contribution in [0.4, 0.5) is 0 Å². The highest BCUT2D eigenvalue weighted by atomic mass is 16.8. The Kier molecular flexibility index (Phi) is 33.6. The lowest BCUT2D eigenvalue weighted by molar-refractivity contribution is -0.400. The first-order valence-corrected chi connectivity index (χ1v) is 32.8. The number of carbonyl (C=O) groups is 3. The molecule has 5 rings (SSSR count). The van der Waals surface area contributed by atoms with Gasteiger partial charge in [0.05, 0.1) is 50.2 Å². The topological polar surface area (TPSA) is 374 Å². The third kappa shape index (κ3) is 21.8. The van der Waals surface area contributed by atoms with Gasteiger partial charge in [-0.25, -0.2) is 0 Å². The van der Waals surface area contributed by atoms with E-state index in [0.717, 1.165) is 96.3 Å². The van der Waals surface area contributed by atoms with E-state index in [1.165, 1.54) is 27.9 Å². The van der Waals surface area contributed by atoms with Gasteiger partial charge in [0, 0.05) is 12.8 Å². The van der Waals surface area contributed by atoms with Gasteiger partial charge in [-0.2, -0.15) is 0 Å². The van der Waals surface area contributed by atoms with Gasteiger partial charge in [-0.05, 0) is 59.8 Å². The molecule has 0 aromatic heterocycles. The Morgan fingerprint density at radius 1 is 0.409 bits per heavy atom. The molecule has 10 N–H and O–H groups in total. The Morgan fingerprint density at radius 2 is 0.864 bits per heavy atom. The van der Waals surface area contributed by atoms with Crippen LogP contribution in [0.1, 0.15) is 197 Å². The minimum absolute atomic E-state index is 0.114. The second-order valence-electron chi connectivity index (χ2n) is 24.8. The zero-order valence-corrected chi connectivity index (χ0v) is 53.4. The summed E-state index contributed by atoms with van der Waals surface area (Å²) < 4.78 is 79.3. The van der Waals surface area contributed by atoms with Crippen LogP contribution in [-0.4, -0.2) is 242 Å². The van der Waals surface area contributed by atoms with Gasteiger partial charge in [-0.3, -0.25) is 14.4 Å². The third-order valence-electron chi connectivity index (χ3n) is 17.7. The van der Waals surface area contributed by atoms with Crippen molar-refractivity contribution in [2.24, 2.45) is 5.92 Å². The Bertz CT molecular complexity index is 1970. The van der Waals surface area contributed by atoms with Gasteiger partial charge in [0.1, 0.15) is 85.5 Å². The molecule has 5 aliphatic rings. The lowest BCUT2D eigenvalue weighted by Crippen LogP contribution is -2.68. The van der Waals surface area contributed by atoms with E-state index in [9.17, 15) is 65.4 Å². The van der Waals surface area contributed by atoms with Crippen LogP contribution in [0.25, 0.3) is 0 Å². The summed E-state index contributed by atoms with van der Waals surface area (Å²) in [6.07, 6.45) is -22.5. The maximum atomic E-state index is 14.2. The van der Waals surface area contributed by atoms with Crippen molar-refractivity contribution < 1.29 is 127 Å². The van der Waals surface area contributed by atoms with Crippen LogP contribution in [0, 0.1) is 5.92 Å². The summed E-state index contributed by atoms with van der Waals surface area (Å²) in [5, 5.41) is 113. The zero-order valence-electron chi connectivity index (χ0n) is 53.4. The first-order valence-electron chi connectivity index (χ1n) is 32.8. The number of hydrogen-bond acceptors (Lipinski definition) is 26. The van der Waals surface area contributed by atoms with E-state index < -0.39 is 178 Å². The predicted octanol–water partition coefficient (Wildman–Crippen LogP) is 3.13. The molecular weight excluding hydrogens is 1160 g/mol. The Morgan fingerprint density at radius 3 is 1.43 bits per heavy atom. The number of aliphatic hydroxyl groups excluding tert-OH is 10. The summed E-state index contributed by atoms with van der Waals surface area (Å²) in [5.74, 6) is -2.17. The second-order valence-corrected chi connectivity index (χ2v) is 24.8. The first kappa shape index (κ1) is 76.3. The number of methoxy groups -OCH3 is 1. The summed E-state index contributed by atoms with van der Waals surface area (Å²) in [5.41, 5.74) is 0. The van der Waals surface area contributed by atoms with Crippen LogP contribution in [0.15, 0.2) is 0 Å². The molecule has 26 heteroatoms. The number of carbonyl (C=O) groups excluding carboxylic acids is 3. The normalized spacial score (nSPS) is 38.7. The van der Waals surface area contributed by atoms with Gasteiger partial charge in [0.25, 0.3) is 0 Å². The molecule has 0 saturated carbocycles. The van der Waals surface area contributed by atoms with Gasteiger partial charge in [-0.15, -0.1) is 0 Å². The second kappa shape index (κ2) is 38.7. The molecule has 0 spiro atoms. The molecule has 0 aromatic carbocycles. The molecule has 0 aliphatic carbocycles. The number of ether oxygens (including phenoxy) is 13. The molecule has 27 atom stereocenters. The highest BCUT2D eigenvalue weighted by Gasteiger charge is 2.58. The van der Waals surface area contributed by atoms with Crippen molar-refractivity contribution in [1.29, 1.82) is 0 Å². The zero-order chi connectivity index (χ0) is 64.8. The monoisotopic (exact) mass is 1270 g/mol. The van der Waals surface area contributed by atoms with E-state index in [1.54, 1.807) is 20.8 Å². The molecule has 0 aromatic rings. The van der Waals surface area contributed by atoms with Crippen LogP contribution in [0.2, 0.25) is 0 Å². The molecule has 0 unspecified atom stereocenters. The smallest absolute Gasteiger partial charge is 0.309 e. The van der Waals surface area contributed by atoms with E-state index in [-0.39, 0.29) is 18.5 Å². The van der Waals surface area contributed by atoms with Crippen molar-refractivity contribution in [3.8, 4) is 0 Å². The Labute approximate surface area is 519 Å². The van der Waals surface area contributed by atoms with Gasteiger partial charge in [0.15, 0.2) is 43.7 Å². The highest BCUT2D eigenvalue weighted by Crippen LogP contribution is 2.39. The molecule has 5 aliphatic heterocycles. The molecule has 0 bridgehead atoms. The summed E-state index contributed by atoms with van der Waals surface area (Å²) in [7, 11) is 1.38. The van der Waals surface area contributed by atoms with Crippen molar-refractivity contribution in [3.63, 3.8) is 0 Å². The predicted molar refractivity (Wildman–Crippen MR) is 311 cm³/mol. The molecule has 514 valence electrons. The number of unbranched alkanes of at least 4 members (excludes halogenated alkanes) is 14. The SMILES string of the molecule is CCCCCCCCCCCC(=O)O[C@H]1[C@@H](O[C@@H]2[C@@H](O)[C@@H](O)[C@@H](O[C@H]3[C@H](O[C@@H](CCC)CCCCCCCCCC(=O)OC)O[C@H](C)[C@H](O)[C@@H]3O)O[C@H]2C)O[C@@H](C)[C@H](O[C@@H]2O[C@H](C)[C@@H](OC(=O)[C@@H](C)CC)[C@H](O)[C@@H]2O)[C@H]1O[C@@H]1O[C@H](CO)[C@@H](O)[C@H](O)[C@H]1O. The standard InChI is InChI=1S/C62H110O26/c1-10-13-14-15-16-17-20-24-27-31-41(65)83-56-55(88-60-48(72)44(68)43(67)39(32-63)82-60)53(86-58-49(73)46(70)51(35(6)78-58)84-57(75)33(4)12-3)37(8)80-62(56)85-52-36(7)79-59(50(74)47(52)71)87-54-45(69)42(66)34(5)77-61(54)81-38(28-11-2)29-25-22-19-18-21-23-26-30-40(64)76-9/h33-39,42-56,58-63,66-74H,10-32H2,1-9H3/t33-,34+,35+,36-,37-,38-,39+,42-,43+,44-,45-,46+,47-,48+,49-,50+,51+,52-,53-,54+,55+,56+,58-,59+,60-,61-,62+/m0/s1. The fraction of sp³-hybridized carbons (Fsp3) is 0.952. The van der Waals surface area contributed by atoms with E-state index in [1.807, 2.05) is 6.92 Å². The average Bonchev–Trinajstić information content (AvgIpc) is 1.82. The van der Waals surface area contributed by atoms with Gasteiger partial charge < -0.3 is 113 Å². The number of rotatable bonds is 37. The summed E-state index contributed by atoms with van der Waals surface area (Å²) in [6.45, 7) is 12.8.